The Balaban J connectivity index is 1.13. The molecule has 4 aliphatic rings. The van der Waals surface area contributed by atoms with E-state index in [1.165, 1.54) is 0 Å². The number of rotatable bonds is 12. The molecule has 8 rings (SSSR count). The maximum Gasteiger partial charge on any atom is 0.310 e. The number of halogens is 2. The lowest BCUT2D eigenvalue weighted by Crippen LogP contribution is -2.42. The first-order chi connectivity index (χ1) is 31.3. The lowest BCUT2D eigenvalue weighted by atomic mass is 9.86. The van der Waals surface area contributed by atoms with Crippen molar-refractivity contribution in [3.63, 3.8) is 0 Å². The number of aromatic nitrogens is 2. The van der Waals surface area contributed by atoms with E-state index >= 15 is 0 Å². The summed E-state index contributed by atoms with van der Waals surface area (Å²) in [7, 11) is 0. The summed E-state index contributed by atoms with van der Waals surface area (Å²) < 4.78 is 8.77. The average Bonchev–Trinajstić information content (AvgIpc) is 3.89. The predicted octanol–water partition coefficient (Wildman–Crippen LogP) is 10.0. The zero-order valence-corrected chi connectivity index (χ0v) is 39.6. The van der Waals surface area contributed by atoms with E-state index in [-0.39, 0.29) is 35.6 Å². The van der Waals surface area contributed by atoms with Crippen LogP contribution < -0.4 is 0 Å². The summed E-state index contributed by atoms with van der Waals surface area (Å²) in [5.41, 5.74) is 7.80. The largest absolute Gasteiger partial charge is 0.466 e. The number of ether oxygens (including phenoxy) is 2. The van der Waals surface area contributed by atoms with Crippen molar-refractivity contribution in [1.29, 1.82) is 0 Å². The molecule has 65 heavy (non-hydrogen) atoms. The van der Waals surface area contributed by atoms with Crippen molar-refractivity contribution in [1.82, 2.24) is 19.8 Å². The number of fused-ring (bicyclic) bond motifs is 2. The summed E-state index contributed by atoms with van der Waals surface area (Å²) in [4.78, 5) is 62.2. The number of H-pyrrole nitrogens is 2. The van der Waals surface area contributed by atoms with Crippen molar-refractivity contribution in [3.05, 3.63) is 143 Å². The standard InChI is InChI=1S/C52H56Cl2N4O6S/c1-5-63-49(61)37-9-7-23-57(31-37)47(59)17-11-35-19-21-51(45(53)25-35,39-13-15-43-41(27-39)33(3)29-55-43)65-52(40-14-16-44-42(28-40)34(4)30-56-44)22-20-36(26-46(52)54)12-18-48(60)58-24-8-10-38(32-58)50(62)64-6-2/h11-22,25-30,37-38,45-46,55-56H,5-10,23-24,31-32H2,1-4H3/b17-11+,18-12+. The highest BCUT2D eigenvalue weighted by Gasteiger charge is 2.50. The van der Waals surface area contributed by atoms with Crippen LogP contribution in [0.4, 0.5) is 0 Å². The molecule has 6 atom stereocenters. The molecule has 6 unspecified atom stereocenters. The van der Waals surface area contributed by atoms with Crippen molar-refractivity contribution in [3.8, 4) is 0 Å². The summed E-state index contributed by atoms with van der Waals surface area (Å²) in [6.45, 7) is 10.2. The number of hydrogen-bond donors (Lipinski definition) is 2. The van der Waals surface area contributed by atoms with Crippen LogP contribution in [-0.4, -0.2) is 93.7 Å². The minimum Gasteiger partial charge on any atom is -0.466 e. The van der Waals surface area contributed by atoms with Gasteiger partial charge in [0, 0.05) is 72.5 Å². The molecule has 13 heteroatoms. The quantitative estimate of drug-likeness (QED) is 0.0824. The van der Waals surface area contributed by atoms with Crippen LogP contribution in [0.5, 0.6) is 0 Å². The van der Waals surface area contributed by atoms with Crippen molar-refractivity contribution in [2.24, 2.45) is 11.8 Å². The zero-order valence-electron chi connectivity index (χ0n) is 37.3. The number of hydrogen-bond acceptors (Lipinski definition) is 7. The highest BCUT2D eigenvalue weighted by Crippen LogP contribution is 2.59. The van der Waals surface area contributed by atoms with Gasteiger partial charge in [-0.15, -0.1) is 35.0 Å². The molecule has 2 saturated heterocycles. The van der Waals surface area contributed by atoms with E-state index in [9.17, 15) is 19.2 Å². The first-order valence-corrected chi connectivity index (χ1v) is 24.3. The normalized spacial score (nSPS) is 25.9. The number of allylic oxidation sites excluding steroid dienone is 8. The molecule has 0 radical (unpaired) electrons. The second-order valence-electron chi connectivity index (χ2n) is 17.4. The average molecular weight is 936 g/mol. The number of nitrogens with zero attached hydrogens (tertiary/aromatic N) is 2. The van der Waals surface area contributed by atoms with Gasteiger partial charge in [0.05, 0.1) is 45.3 Å². The highest BCUT2D eigenvalue weighted by atomic mass is 35.5. The van der Waals surface area contributed by atoms with E-state index in [1.54, 1.807) is 59.7 Å². The van der Waals surface area contributed by atoms with Crippen molar-refractivity contribution in [2.45, 2.75) is 73.6 Å². The van der Waals surface area contributed by atoms with Gasteiger partial charge in [-0.2, -0.15) is 0 Å². The molecule has 0 bridgehead atoms. The fourth-order valence-corrected chi connectivity index (χ4v) is 12.1. The van der Waals surface area contributed by atoms with Crippen LogP contribution in [-0.2, 0) is 38.1 Å². The summed E-state index contributed by atoms with van der Waals surface area (Å²) in [6.07, 6.45) is 25.9. The van der Waals surface area contributed by atoms with Crippen molar-refractivity contribution < 1.29 is 28.7 Å². The predicted molar refractivity (Wildman–Crippen MR) is 261 cm³/mol. The lowest BCUT2D eigenvalue weighted by Gasteiger charge is -2.46. The third-order valence-electron chi connectivity index (χ3n) is 13.1. The van der Waals surface area contributed by atoms with Crippen LogP contribution in [0, 0.1) is 25.7 Å². The minimum atomic E-state index is -0.874. The van der Waals surface area contributed by atoms with Crippen LogP contribution in [0.2, 0.25) is 0 Å². The Labute approximate surface area is 394 Å². The molecule has 0 saturated carbocycles. The minimum absolute atomic E-state index is 0.166. The van der Waals surface area contributed by atoms with E-state index < -0.39 is 20.2 Å². The molecule has 4 heterocycles. The van der Waals surface area contributed by atoms with Crippen molar-refractivity contribution >= 4 is 80.5 Å². The Morgan fingerprint density at radius 1 is 0.708 bits per heavy atom. The summed E-state index contributed by atoms with van der Waals surface area (Å²) >= 11 is 17.1. The molecule has 2 aromatic heterocycles. The van der Waals surface area contributed by atoms with Crippen LogP contribution >= 0.6 is 35.0 Å². The van der Waals surface area contributed by atoms with Gasteiger partial charge in [0.1, 0.15) is 0 Å². The molecule has 2 fully saturated rings. The molecule has 2 aliphatic carbocycles. The first-order valence-electron chi connectivity index (χ1n) is 22.6. The van der Waals surface area contributed by atoms with Gasteiger partial charge in [-0.3, -0.25) is 19.2 Å². The molecule has 0 spiro atoms. The lowest BCUT2D eigenvalue weighted by molar-refractivity contribution is -0.152. The number of alkyl halides is 2. The van der Waals surface area contributed by atoms with Gasteiger partial charge in [0.2, 0.25) is 11.8 Å². The SMILES string of the molecule is CCOC(=O)C1CCCN(C(=O)/C=C/C2=CC(Cl)C(SC3(c4ccc5[nH]cc(C)c5c4)C=CC(/C=C/C(=O)N4CCCC(C(=O)OCC)C4)=CC3Cl)(c3ccc4[nH]cc(C)c4c3)C=C2)C1. The van der Waals surface area contributed by atoms with E-state index in [4.69, 9.17) is 32.7 Å². The van der Waals surface area contributed by atoms with Gasteiger partial charge < -0.3 is 29.2 Å². The number of piperidine rings is 2. The van der Waals surface area contributed by atoms with E-state index in [1.807, 2.05) is 36.7 Å². The van der Waals surface area contributed by atoms with Crippen LogP contribution in [0.1, 0.15) is 61.8 Å². The van der Waals surface area contributed by atoms with Crippen LogP contribution in [0.3, 0.4) is 0 Å². The smallest absolute Gasteiger partial charge is 0.310 e. The number of nitrogens with one attached hydrogen (secondary N) is 2. The molecular weight excluding hydrogens is 880 g/mol. The molecule has 2 N–H and O–H groups in total. The number of carbonyl (C=O) groups excluding carboxylic acids is 4. The number of esters is 2. The second kappa shape index (κ2) is 19.7. The Morgan fingerprint density at radius 3 is 1.54 bits per heavy atom. The first kappa shape index (κ1) is 46.3. The Kier molecular flexibility index (Phi) is 14.0. The van der Waals surface area contributed by atoms with E-state index in [0.717, 1.165) is 68.0 Å². The van der Waals surface area contributed by atoms with Gasteiger partial charge in [-0.25, -0.2) is 0 Å². The third-order valence-corrected chi connectivity index (χ3v) is 16.2. The van der Waals surface area contributed by atoms with E-state index in [2.05, 4.69) is 72.4 Å². The fourth-order valence-electron chi connectivity index (χ4n) is 9.44. The molecule has 2 aliphatic heterocycles. The summed E-state index contributed by atoms with van der Waals surface area (Å²) in [5, 5.41) is 0.957. The van der Waals surface area contributed by atoms with Gasteiger partial charge in [0.15, 0.2) is 0 Å². The molecule has 4 aromatic rings. The maximum absolute atomic E-state index is 13.5. The second-order valence-corrected chi connectivity index (χ2v) is 19.9. The number of carbonyl (C=O) groups is 4. The number of likely N-dealkylation sites (tertiary alicyclic amines) is 2. The number of benzene rings is 2. The Bertz CT molecular complexity index is 2500. The number of aryl methyl sites for hydroxylation is 2. The topological polar surface area (TPSA) is 125 Å². The van der Waals surface area contributed by atoms with Gasteiger partial charge in [0.25, 0.3) is 0 Å². The van der Waals surface area contributed by atoms with Gasteiger partial charge >= 0.3 is 11.9 Å². The molecule has 340 valence electrons. The van der Waals surface area contributed by atoms with Gasteiger partial charge in [-0.05, 0) is 123 Å². The van der Waals surface area contributed by atoms with Crippen LogP contribution in [0.25, 0.3) is 21.8 Å². The molecule has 2 amide bonds. The maximum atomic E-state index is 13.5. The number of aromatic amines is 2. The zero-order chi connectivity index (χ0) is 45.9. The highest BCUT2D eigenvalue weighted by molar-refractivity contribution is 8.01. The Morgan fingerprint density at radius 2 is 1.14 bits per heavy atom. The molecular formula is C52H56Cl2N4O6S. The molecule has 10 nitrogen and oxygen atoms in total. The number of thioether (sulfide) groups is 1. The van der Waals surface area contributed by atoms with Crippen molar-refractivity contribution in [2.75, 3.05) is 39.4 Å². The van der Waals surface area contributed by atoms with Gasteiger partial charge in [-0.1, -0.05) is 48.6 Å². The molecule has 2 aromatic carbocycles. The number of amides is 2. The van der Waals surface area contributed by atoms with Crippen LogP contribution in [0.15, 0.2) is 121 Å². The summed E-state index contributed by atoms with van der Waals surface area (Å²) in [6, 6.07) is 12.8. The monoisotopic (exact) mass is 934 g/mol. The van der Waals surface area contributed by atoms with E-state index in [0.29, 0.717) is 52.2 Å². The summed E-state index contributed by atoms with van der Waals surface area (Å²) in [5.74, 6) is -1.51. The fraction of sp³-hybridized carbons (Fsp3) is 0.385. The third kappa shape index (κ3) is 9.56. The Hall–Kier alpha value is -5.23.